The van der Waals surface area contributed by atoms with Gasteiger partial charge in [-0.25, -0.2) is 0 Å². The zero-order valence-corrected chi connectivity index (χ0v) is 15.2. The van der Waals surface area contributed by atoms with E-state index in [2.05, 4.69) is 19.1 Å². The zero-order chi connectivity index (χ0) is 16.5. The van der Waals surface area contributed by atoms with E-state index in [-0.39, 0.29) is 11.0 Å². The van der Waals surface area contributed by atoms with Crippen LogP contribution in [0.5, 0.6) is 11.5 Å². The van der Waals surface area contributed by atoms with Crippen LogP contribution in [-0.2, 0) is 15.8 Å². The minimum Gasteiger partial charge on any atom is -0.493 e. The van der Waals surface area contributed by atoms with Gasteiger partial charge in [0.25, 0.3) is 0 Å². The molecular weight excluding hydrogens is 312 g/mol. The van der Waals surface area contributed by atoms with Crippen molar-refractivity contribution in [1.82, 2.24) is 0 Å². The van der Waals surface area contributed by atoms with Crippen molar-refractivity contribution in [2.75, 3.05) is 26.7 Å². The second kappa shape index (κ2) is 6.52. The third-order valence-corrected chi connectivity index (χ3v) is 5.95. The highest BCUT2D eigenvalue weighted by Crippen LogP contribution is 2.53. The molecule has 1 aliphatic heterocycles. The molecule has 1 fully saturated rings. The smallest absolute Gasteiger partial charge is 0.161 e. The van der Waals surface area contributed by atoms with Gasteiger partial charge in [0.2, 0.25) is 0 Å². The molecule has 1 aromatic carbocycles. The maximum absolute atomic E-state index is 6.45. The van der Waals surface area contributed by atoms with Gasteiger partial charge in [0.15, 0.2) is 11.5 Å². The van der Waals surface area contributed by atoms with Crippen molar-refractivity contribution < 1.29 is 14.2 Å². The summed E-state index contributed by atoms with van der Waals surface area (Å²) in [5, 5.41) is 0. The van der Waals surface area contributed by atoms with E-state index in [1.54, 1.807) is 14.2 Å². The van der Waals surface area contributed by atoms with Gasteiger partial charge in [-0.2, -0.15) is 0 Å². The van der Waals surface area contributed by atoms with E-state index in [9.17, 15) is 0 Å². The van der Waals surface area contributed by atoms with E-state index in [0.29, 0.717) is 5.88 Å². The molecule has 128 valence electrons. The first-order valence-electron chi connectivity index (χ1n) is 8.55. The fraction of sp³-hybridized carbons (Fsp3) is 0.684. The van der Waals surface area contributed by atoms with E-state index in [0.717, 1.165) is 30.9 Å². The van der Waals surface area contributed by atoms with Crippen molar-refractivity contribution in [3.05, 3.63) is 23.3 Å². The predicted octanol–water partition coefficient (Wildman–Crippen LogP) is 4.78. The van der Waals surface area contributed by atoms with Gasteiger partial charge >= 0.3 is 0 Å². The van der Waals surface area contributed by atoms with Crippen molar-refractivity contribution in [2.24, 2.45) is 0 Å². The first-order valence-corrected chi connectivity index (χ1v) is 9.09. The minimum absolute atomic E-state index is 0.148. The molecule has 23 heavy (non-hydrogen) atoms. The molecule has 1 saturated carbocycles. The van der Waals surface area contributed by atoms with E-state index >= 15 is 0 Å². The van der Waals surface area contributed by atoms with Crippen molar-refractivity contribution in [3.8, 4) is 11.5 Å². The molecule has 0 N–H and O–H groups in total. The number of ether oxygens (including phenoxy) is 3. The topological polar surface area (TPSA) is 27.7 Å². The summed E-state index contributed by atoms with van der Waals surface area (Å²) < 4.78 is 17.6. The van der Waals surface area contributed by atoms with Crippen LogP contribution in [0.25, 0.3) is 0 Å². The molecule has 0 aromatic heterocycles. The number of fused-ring (bicyclic) bond motifs is 2. The number of hydrogen-bond donors (Lipinski definition) is 0. The Morgan fingerprint density at radius 2 is 1.70 bits per heavy atom. The van der Waals surface area contributed by atoms with Gasteiger partial charge in [-0.3, -0.25) is 0 Å². The summed E-state index contributed by atoms with van der Waals surface area (Å²) in [6.45, 7) is 2.99. The molecule has 0 amide bonds. The molecule has 3 nitrogen and oxygen atoms in total. The second-order valence-corrected chi connectivity index (χ2v) is 7.43. The van der Waals surface area contributed by atoms with Crippen LogP contribution in [0.3, 0.4) is 0 Å². The SMILES string of the molecule is COc1cc2c(cc1OC)C(C)(CCCCl)OCC21CCCC1. The van der Waals surface area contributed by atoms with Gasteiger partial charge in [0.1, 0.15) is 0 Å². The van der Waals surface area contributed by atoms with Crippen molar-refractivity contribution >= 4 is 11.6 Å². The van der Waals surface area contributed by atoms with Gasteiger partial charge in [-0.15, -0.1) is 11.6 Å². The Bertz CT molecular complexity index is 566. The van der Waals surface area contributed by atoms with Crippen LogP contribution in [0.4, 0.5) is 0 Å². The van der Waals surface area contributed by atoms with E-state index in [1.165, 1.54) is 36.8 Å². The molecule has 1 aliphatic carbocycles. The monoisotopic (exact) mass is 338 g/mol. The number of hydrogen-bond acceptors (Lipinski definition) is 3. The third kappa shape index (κ3) is 2.83. The molecule has 0 bridgehead atoms. The minimum atomic E-state index is -0.294. The summed E-state index contributed by atoms with van der Waals surface area (Å²) in [7, 11) is 3.40. The number of methoxy groups -OCH3 is 2. The summed E-state index contributed by atoms with van der Waals surface area (Å²) >= 11 is 5.94. The lowest BCUT2D eigenvalue weighted by Crippen LogP contribution is -2.43. The Kier molecular flexibility index (Phi) is 4.80. The maximum Gasteiger partial charge on any atom is 0.161 e. The maximum atomic E-state index is 6.45. The highest BCUT2D eigenvalue weighted by molar-refractivity contribution is 6.17. The van der Waals surface area contributed by atoms with E-state index in [1.807, 2.05) is 0 Å². The summed E-state index contributed by atoms with van der Waals surface area (Å²) in [6.07, 6.45) is 6.81. The number of rotatable bonds is 5. The molecule has 1 aromatic rings. The Hall–Kier alpha value is -0.930. The van der Waals surface area contributed by atoms with Crippen molar-refractivity contribution in [1.29, 1.82) is 0 Å². The molecule has 3 rings (SSSR count). The average Bonchev–Trinajstić information content (AvgIpc) is 3.06. The molecule has 1 atom stereocenters. The van der Waals surface area contributed by atoms with Crippen LogP contribution in [-0.4, -0.2) is 26.7 Å². The largest absolute Gasteiger partial charge is 0.493 e. The average molecular weight is 339 g/mol. The highest BCUT2D eigenvalue weighted by atomic mass is 35.5. The molecule has 2 aliphatic rings. The predicted molar refractivity (Wildman–Crippen MR) is 93.0 cm³/mol. The first-order chi connectivity index (χ1) is 11.1. The van der Waals surface area contributed by atoms with Crippen LogP contribution in [0.15, 0.2) is 12.1 Å². The van der Waals surface area contributed by atoms with Crippen LogP contribution >= 0.6 is 11.6 Å². The molecular formula is C19H27ClO3. The molecule has 1 heterocycles. The normalized spacial score (nSPS) is 25.4. The van der Waals surface area contributed by atoms with E-state index in [4.69, 9.17) is 25.8 Å². The quantitative estimate of drug-likeness (QED) is 0.723. The van der Waals surface area contributed by atoms with Gasteiger partial charge in [0, 0.05) is 11.3 Å². The van der Waals surface area contributed by atoms with Crippen molar-refractivity contribution in [2.45, 2.75) is 56.5 Å². The first kappa shape index (κ1) is 16.9. The summed E-state index contributed by atoms with van der Waals surface area (Å²) in [4.78, 5) is 0. The summed E-state index contributed by atoms with van der Waals surface area (Å²) in [6, 6.07) is 4.32. The fourth-order valence-electron chi connectivity index (χ4n) is 4.28. The van der Waals surface area contributed by atoms with Gasteiger partial charge in [0.05, 0.1) is 26.4 Å². The lowest BCUT2D eigenvalue weighted by atomic mass is 9.70. The summed E-state index contributed by atoms with van der Waals surface area (Å²) in [5.41, 5.74) is 2.51. The molecule has 1 unspecified atom stereocenters. The van der Waals surface area contributed by atoms with Crippen LogP contribution < -0.4 is 9.47 Å². The Morgan fingerprint density at radius 1 is 1.09 bits per heavy atom. The van der Waals surface area contributed by atoms with Gasteiger partial charge in [-0.1, -0.05) is 12.8 Å². The standard InChI is InChI=1S/C19H27ClO3/c1-18(7-6-10-20)14-11-16(21-2)17(22-3)12-15(14)19(13-23-18)8-4-5-9-19/h11-12H,4-10,13H2,1-3H3. The fourth-order valence-corrected chi connectivity index (χ4v) is 4.42. The number of alkyl halides is 1. The van der Waals surface area contributed by atoms with E-state index < -0.39 is 0 Å². The molecule has 0 radical (unpaired) electrons. The lowest BCUT2D eigenvalue weighted by Gasteiger charge is -2.45. The number of benzene rings is 1. The highest BCUT2D eigenvalue weighted by Gasteiger charge is 2.47. The third-order valence-electron chi connectivity index (χ3n) is 5.68. The number of halogens is 1. The Balaban J connectivity index is 2.13. The van der Waals surface area contributed by atoms with Gasteiger partial charge in [-0.05, 0) is 55.9 Å². The summed E-state index contributed by atoms with van der Waals surface area (Å²) in [5.74, 6) is 2.26. The lowest BCUT2D eigenvalue weighted by molar-refractivity contribution is -0.0825. The van der Waals surface area contributed by atoms with Crippen LogP contribution in [0.2, 0.25) is 0 Å². The van der Waals surface area contributed by atoms with Crippen molar-refractivity contribution in [3.63, 3.8) is 0 Å². The van der Waals surface area contributed by atoms with Crippen LogP contribution in [0, 0.1) is 0 Å². The molecule has 0 saturated heterocycles. The molecule has 4 heteroatoms. The Morgan fingerprint density at radius 3 is 2.26 bits per heavy atom. The Labute approximate surface area is 144 Å². The zero-order valence-electron chi connectivity index (χ0n) is 14.4. The second-order valence-electron chi connectivity index (χ2n) is 7.05. The molecule has 1 spiro atoms. The van der Waals surface area contributed by atoms with Gasteiger partial charge < -0.3 is 14.2 Å². The van der Waals surface area contributed by atoms with Crippen LogP contribution in [0.1, 0.15) is 56.6 Å².